The second-order valence-electron chi connectivity index (χ2n) is 5.11. The van der Waals surface area contributed by atoms with E-state index in [0.29, 0.717) is 5.92 Å². The van der Waals surface area contributed by atoms with E-state index in [4.69, 9.17) is 16.3 Å². The molecule has 0 spiro atoms. The average Bonchev–Trinajstić information content (AvgIpc) is 2.74. The van der Waals surface area contributed by atoms with Crippen LogP contribution < -0.4 is 5.32 Å². The van der Waals surface area contributed by atoms with Crippen molar-refractivity contribution in [2.45, 2.75) is 25.3 Å². The van der Waals surface area contributed by atoms with Crippen LogP contribution >= 0.6 is 11.6 Å². The minimum Gasteiger partial charge on any atom is -0.468 e. The van der Waals surface area contributed by atoms with E-state index in [1.54, 1.807) is 0 Å². The molecule has 1 fully saturated rings. The highest BCUT2D eigenvalue weighted by molar-refractivity contribution is 6.30. The van der Waals surface area contributed by atoms with Gasteiger partial charge in [-0.25, -0.2) is 0 Å². The van der Waals surface area contributed by atoms with Crippen LogP contribution in [0.1, 0.15) is 18.9 Å². The molecule has 1 saturated heterocycles. The second kappa shape index (κ2) is 5.29. The van der Waals surface area contributed by atoms with Crippen molar-refractivity contribution < 1.29 is 9.53 Å². The Bertz CT molecular complexity index is 432. The van der Waals surface area contributed by atoms with Gasteiger partial charge in [-0.1, -0.05) is 23.7 Å². The minimum atomic E-state index is -0.536. The maximum Gasteiger partial charge on any atom is 0.325 e. The standard InChI is InChI=1S/C14H18ClNO2/c1-14(13(17)18-2)8-11(9-16-14)7-10-3-5-12(15)6-4-10/h3-6,11,16H,7-9H2,1-2H3. The molecule has 0 aromatic heterocycles. The van der Waals surface area contributed by atoms with Gasteiger partial charge in [-0.05, 0) is 49.9 Å². The lowest BCUT2D eigenvalue weighted by Crippen LogP contribution is -2.45. The van der Waals surface area contributed by atoms with Crippen LogP contribution in [0.25, 0.3) is 0 Å². The lowest BCUT2D eigenvalue weighted by atomic mass is 9.91. The summed E-state index contributed by atoms with van der Waals surface area (Å²) >= 11 is 5.86. The predicted octanol–water partition coefficient (Wildman–Crippen LogP) is 2.42. The Morgan fingerprint density at radius 1 is 1.50 bits per heavy atom. The number of carbonyl (C=O) groups is 1. The number of methoxy groups -OCH3 is 1. The van der Waals surface area contributed by atoms with Gasteiger partial charge in [0.05, 0.1) is 7.11 Å². The third-order valence-corrected chi connectivity index (χ3v) is 3.80. The average molecular weight is 268 g/mol. The molecule has 0 saturated carbocycles. The topological polar surface area (TPSA) is 38.3 Å². The van der Waals surface area contributed by atoms with Gasteiger partial charge in [0.15, 0.2) is 0 Å². The van der Waals surface area contributed by atoms with Crippen molar-refractivity contribution in [3.8, 4) is 0 Å². The Morgan fingerprint density at radius 2 is 2.17 bits per heavy atom. The maximum absolute atomic E-state index is 11.7. The lowest BCUT2D eigenvalue weighted by molar-refractivity contribution is -0.147. The van der Waals surface area contributed by atoms with Crippen LogP contribution in [0, 0.1) is 5.92 Å². The minimum absolute atomic E-state index is 0.180. The third-order valence-electron chi connectivity index (χ3n) is 3.55. The fraction of sp³-hybridized carbons (Fsp3) is 0.500. The number of ether oxygens (including phenoxy) is 1. The molecule has 2 rings (SSSR count). The Kier molecular flexibility index (Phi) is 3.93. The molecule has 0 aliphatic carbocycles. The van der Waals surface area contributed by atoms with Gasteiger partial charge in [0.2, 0.25) is 0 Å². The highest BCUT2D eigenvalue weighted by Gasteiger charge is 2.41. The molecule has 2 atom stereocenters. The third kappa shape index (κ3) is 2.85. The number of nitrogens with one attached hydrogen (secondary N) is 1. The first-order valence-corrected chi connectivity index (χ1v) is 6.49. The van der Waals surface area contributed by atoms with Gasteiger partial charge in [-0.3, -0.25) is 4.79 Å². The normalized spacial score (nSPS) is 27.2. The fourth-order valence-electron chi connectivity index (χ4n) is 2.57. The van der Waals surface area contributed by atoms with Gasteiger partial charge in [0.1, 0.15) is 5.54 Å². The summed E-state index contributed by atoms with van der Waals surface area (Å²) < 4.78 is 4.83. The van der Waals surface area contributed by atoms with Crippen LogP contribution in [0.15, 0.2) is 24.3 Å². The summed E-state index contributed by atoms with van der Waals surface area (Å²) in [5.41, 5.74) is 0.714. The Hall–Kier alpha value is -1.06. The summed E-state index contributed by atoms with van der Waals surface area (Å²) in [6, 6.07) is 7.88. The molecule has 1 heterocycles. The van der Waals surface area contributed by atoms with Crippen LogP contribution in [0.3, 0.4) is 0 Å². The van der Waals surface area contributed by atoms with E-state index in [1.807, 2.05) is 31.2 Å². The van der Waals surface area contributed by atoms with Crippen LogP contribution in [0.2, 0.25) is 5.02 Å². The molecule has 1 aromatic carbocycles. The summed E-state index contributed by atoms with van der Waals surface area (Å²) in [6.45, 7) is 2.74. The molecule has 0 amide bonds. The highest BCUT2D eigenvalue weighted by atomic mass is 35.5. The van der Waals surface area contributed by atoms with Crippen LogP contribution in [0.4, 0.5) is 0 Å². The Morgan fingerprint density at radius 3 is 2.78 bits per heavy atom. The van der Waals surface area contributed by atoms with Crippen LogP contribution in [-0.2, 0) is 16.0 Å². The van der Waals surface area contributed by atoms with Crippen molar-refractivity contribution in [2.75, 3.05) is 13.7 Å². The fourth-order valence-corrected chi connectivity index (χ4v) is 2.70. The van der Waals surface area contributed by atoms with Crippen molar-refractivity contribution >= 4 is 17.6 Å². The van der Waals surface area contributed by atoms with Crippen molar-refractivity contribution in [1.82, 2.24) is 5.32 Å². The number of carbonyl (C=O) groups excluding carboxylic acids is 1. The van der Waals surface area contributed by atoms with Gasteiger partial charge >= 0.3 is 5.97 Å². The summed E-state index contributed by atoms with van der Waals surface area (Å²) in [7, 11) is 1.43. The molecule has 0 bridgehead atoms. The number of esters is 1. The Balaban J connectivity index is 1.97. The number of halogens is 1. The SMILES string of the molecule is COC(=O)C1(C)CC(Cc2ccc(Cl)cc2)CN1. The second-order valence-corrected chi connectivity index (χ2v) is 5.54. The molecule has 18 heavy (non-hydrogen) atoms. The van der Waals surface area contributed by atoms with E-state index < -0.39 is 5.54 Å². The summed E-state index contributed by atoms with van der Waals surface area (Å²) in [5, 5.41) is 4.02. The van der Waals surface area contributed by atoms with Gasteiger partial charge in [-0.2, -0.15) is 0 Å². The smallest absolute Gasteiger partial charge is 0.325 e. The maximum atomic E-state index is 11.7. The molecule has 2 unspecified atom stereocenters. The first-order valence-electron chi connectivity index (χ1n) is 6.11. The number of rotatable bonds is 3. The zero-order chi connectivity index (χ0) is 13.2. The first kappa shape index (κ1) is 13.4. The highest BCUT2D eigenvalue weighted by Crippen LogP contribution is 2.28. The molecule has 1 aliphatic rings. The molecule has 98 valence electrons. The van der Waals surface area contributed by atoms with Crippen molar-refractivity contribution in [1.29, 1.82) is 0 Å². The van der Waals surface area contributed by atoms with E-state index in [2.05, 4.69) is 5.32 Å². The number of hydrogen-bond donors (Lipinski definition) is 1. The van der Waals surface area contributed by atoms with Crippen LogP contribution in [0.5, 0.6) is 0 Å². The van der Waals surface area contributed by atoms with E-state index in [1.165, 1.54) is 12.7 Å². The monoisotopic (exact) mass is 267 g/mol. The van der Waals surface area contributed by atoms with Crippen molar-refractivity contribution in [2.24, 2.45) is 5.92 Å². The number of hydrogen-bond acceptors (Lipinski definition) is 3. The lowest BCUT2D eigenvalue weighted by Gasteiger charge is -2.20. The number of benzene rings is 1. The van der Waals surface area contributed by atoms with E-state index in [9.17, 15) is 4.79 Å². The van der Waals surface area contributed by atoms with Gasteiger partial charge < -0.3 is 10.1 Å². The van der Waals surface area contributed by atoms with Gasteiger partial charge in [-0.15, -0.1) is 0 Å². The first-order chi connectivity index (χ1) is 8.53. The molecular formula is C14H18ClNO2. The molecule has 0 radical (unpaired) electrons. The summed E-state index contributed by atoms with van der Waals surface area (Å²) in [5.74, 6) is 0.274. The summed E-state index contributed by atoms with van der Waals surface area (Å²) in [6.07, 6.45) is 1.76. The predicted molar refractivity (Wildman–Crippen MR) is 71.7 cm³/mol. The quantitative estimate of drug-likeness (QED) is 0.855. The van der Waals surface area contributed by atoms with E-state index >= 15 is 0 Å². The molecule has 3 nitrogen and oxygen atoms in total. The van der Waals surface area contributed by atoms with Crippen LogP contribution in [-0.4, -0.2) is 25.2 Å². The summed E-state index contributed by atoms with van der Waals surface area (Å²) in [4.78, 5) is 11.7. The van der Waals surface area contributed by atoms with Gasteiger partial charge in [0.25, 0.3) is 0 Å². The zero-order valence-electron chi connectivity index (χ0n) is 10.7. The van der Waals surface area contributed by atoms with Crippen molar-refractivity contribution in [3.63, 3.8) is 0 Å². The molecular weight excluding hydrogens is 250 g/mol. The van der Waals surface area contributed by atoms with Crippen molar-refractivity contribution in [3.05, 3.63) is 34.9 Å². The van der Waals surface area contributed by atoms with Gasteiger partial charge in [0, 0.05) is 5.02 Å². The zero-order valence-corrected chi connectivity index (χ0v) is 11.5. The Labute approximate surface area is 112 Å². The van der Waals surface area contributed by atoms with E-state index in [0.717, 1.165) is 24.4 Å². The molecule has 4 heteroatoms. The molecule has 1 aliphatic heterocycles. The molecule has 1 N–H and O–H groups in total. The molecule has 1 aromatic rings. The van der Waals surface area contributed by atoms with E-state index in [-0.39, 0.29) is 5.97 Å². The largest absolute Gasteiger partial charge is 0.468 e.